The lowest BCUT2D eigenvalue weighted by Crippen LogP contribution is -2.30. The van der Waals surface area contributed by atoms with Crippen LogP contribution in [0.3, 0.4) is 0 Å². The first-order chi connectivity index (χ1) is 13.4. The van der Waals surface area contributed by atoms with Crippen molar-refractivity contribution in [2.75, 3.05) is 6.54 Å². The van der Waals surface area contributed by atoms with Crippen LogP contribution in [-0.4, -0.2) is 28.2 Å². The van der Waals surface area contributed by atoms with Gasteiger partial charge in [-0.2, -0.15) is 0 Å². The van der Waals surface area contributed by atoms with E-state index in [2.05, 4.69) is 22.9 Å². The number of likely N-dealkylation sites (tertiary alicyclic amines) is 1. The molecule has 2 aromatic rings. The van der Waals surface area contributed by atoms with Gasteiger partial charge >= 0.3 is 0 Å². The maximum Gasteiger partial charge on any atom is 0.295 e. The number of ketones is 1. The van der Waals surface area contributed by atoms with Crippen LogP contribution >= 0.6 is 27.3 Å². The normalized spacial score (nSPS) is 18.9. The van der Waals surface area contributed by atoms with Crippen LogP contribution < -0.4 is 0 Å². The van der Waals surface area contributed by atoms with E-state index in [-0.39, 0.29) is 11.3 Å². The molecular weight excluding hydrogens is 438 g/mol. The molecule has 2 heterocycles. The maximum absolute atomic E-state index is 12.9. The lowest BCUT2D eigenvalue weighted by atomic mass is 9.97. The van der Waals surface area contributed by atoms with E-state index in [0.717, 1.165) is 39.7 Å². The van der Waals surface area contributed by atoms with Gasteiger partial charge in [-0.05, 0) is 55.0 Å². The van der Waals surface area contributed by atoms with Gasteiger partial charge in [0.25, 0.3) is 11.7 Å². The number of benzene rings is 1. The first-order valence-corrected chi connectivity index (χ1v) is 11.1. The Morgan fingerprint density at radius 1 is 1.18 bits per heavy atom. The van der Waals surface area contributed by atoms with Crippen molar-refractivity contribution in [1.29, 1.82) is 0 Å². The molecule has 1 amide bonds. The topological polar surface area (TPSA) is 57.6 Å². The molecule has 0 aliphatic carbocycles. The summed E-state index contributed by atoms with van der Waals surface area (Å²) in [6, 6.07) is 6.88. The predicted octanol–water partition coefficient (Wildman–Crippen LogP) is 5.74. The van der Waals surface area contributed by atoms with Gasteiger partial charge in [0.05, 0.1) is 11.6 Å². The molecule has 0 saturated carbocycles. The third-order valence-corrected chi connectivity index (χ3v) is 7.09. The van der Waals surface area contributed by atoms with Crippen LogP contribution in [0.5, 0.6) is 0 Å². The Balaban J connectivity index is 2.13. The number of halogens is 1. The lowest BCUT2D eigenvalue weighted by Gasteiger charge is -2.25. The van der Waals surface area contributed by atoms with Crippen molar-refractivity contribution in [1.82, 2.24) is 4.90 Å². The molecule has 0 spiro atoms. The van der Waals surface area contributed by atoms with Crippen LogP contribution in [0.4, 0.5) is 0 Å². The summed E-state index contributed by atoms with van der Waals surface area (Å²) in [5, 5.41) is 13.0. The third-order valence-electron chi connectivity index (χ3n) is 5.12. The predicted molar refractivity (Wildman–Crippen MR) is 116 cm³/mol. The quantitative estimate of drug-likeness (QED) is 0.258. The molecule has 1 atom stereocenters. The molecule has 4 nitrogen and oxygen atoms in total. The minimum absolute atomic E-state index is 0.107. The van der Waals surface area contributed by atoms with Gasteiger partial charge in [0.15, 0.2) is 0 Å². The number of carbonyl (C=O) groups is 2. The standard InChI is InChI=1S/C22H24BrNO3S/c1-4-5-6-10-24-18(21-13(2)9-11-28-21)17(20(26)22(24)27)19(25)15-7-8-16(23)14(3)12-15/h7-9,11-12,18,25H,4-6,10H2,1-3H3/b19-17-. The first-order valence-electron chi connectivity index (χ1n) is 9.45. The number of rotatable bonds is 6. The average Bonchev–Trinajstić information content (AvgIpc) is 3.19. The zero-order valence-electron chi connectivity index (χ0n) is 16.3. The van der Waals surface area contributed by atoms with E-state index < -0.39 is 17.7 Å². The van der Waals surface area contributed by atoms with E-state index in [0.29, 0.717) is 12.1 Å². The van der Waals surface area contributed by atoms with E-state index in [1.807, 2.05) is 37.4 Å². The Kier molecular flexibility index (Phi) is 6.40. The van der Waals surface area contributed by atoms with Gasteiger partial charge in [-0.25, -0.2) is 0 Å². The molecule has 1 unspecified atom stereocenters. The Bertz CT molecular complexity index is 947. The van der Waals surface area contributed by atoms with Gasteiger partial charge in [-0.15, -0.1) is 11.3 Å². The number of aliphatic hydroxyl groups excluding tert-OH is 1. The summed E-state index contributed by atoms with van der Waals surface area (Å²) >= 11 is 4.97. The van der Waals surface area contributed by atoms with Crippen molar-refractivity contribution >= 4 is 44.7 Å². The molecule has 28 heavy (non-hydrogen) atoms. The van der Waals surface area contributed by atoms with Crippen LogP contribution in [0, 0.1) is 13.8 Å². The molecule has 1 aromatic carbocycles. The van der Waals surface area contributed by atoms with Gasteiger partial charge in [-0.1, -0.05) is 41.8 Å². The molecule has 1 fully saturated rings. The van der Waals surface area contributed by atoms with Crippen molar-refractivity contribution in [2.24, 2.45) is 0 Å². The summed E-state index contributed by atoms with van der Waals surface area (Å²) in [5.74, 6) is -1.23. The van der Waals surface area contributed by atoms with E-state index in [1.54, 1.807) is 11.0 Å². The second kappa shape index (κ2) is 8.62. The Hall–Kier alpha value is -1.92. The maximum atomic E-state index is 12.9. The number of Topliss-reactive ketones (excluding diaryl/α,β-unsaturated/α-hetero) is 1. The number of aliphatic hydroxyl groups is 1. The number of amides is 1. The van der Waals surface area contributed by atoms with Gasteiger partial charge in [0.2, 0.25) is 0 Å². The highest BCUT2D eigenvalue weighted by molar-refractivity contribution is 9.10. The van der Waals surface area contributed by atoms with Crippen molar-refractivity contribution in [3.8, 4) is 0 Å². The fourth-order valence-electron chi connectivity index (χ4n) is 3.53. The third kappa shape index (κ3) is 3.80. The van der Waals surface area contributed by atoms with Crippen LogP contribution in [0.2, 0.25) is 0 Å². The van der Waals surface area contributed by atoms with Gasteiger partial charge in [0.1, 0.15) is 5.76 Å². The molecule has 1 saturated heterocycles. The zero-order chi connectivity index (χ0) is 20.4. The number of unbranched alkanes of at least 4 members (excludes halogenated alkanes) is 2. The summed E-state index contributed by atoms with van der Waals surface area (Å²) in [7, 11) is 0. The van der Waals surface area contributed by atoms with Crippen molar-refractivity contribution in [3.05, 3.63) is 61.3 Å². The molecule has 0 radical (unpaired) electrons. The molecule has 148 valence electrons. The number of hydrogen-bond acceptors (Lipinski definition) is 4. The number of thiophene rings is 1. The van der Waals surface area contributed by atoms with Crippen molar-refractivity contribution in [2.45, 2.75) is 46.1 Å². The first kappa shape index (κ1) is 20.8. The van der Waals surface area contributed by atoms with Crippen molar-refractivity contribution < 1.29 is 14.7 Å². The molecule has 1 aliphatic rings. The van der Waals surface area contributed by atoms with E-state index in [4.69, 9.17) is 0 Å². The molecule has 1 aliphatic heterocycles. The second-order valence-electron chi connectivity index (χ2n) is 7.13. The average molecular weight is 462 g/mol. The summed E-state index contributed by atoms with van der Waals surface area (Å²) in [4.78, 5) is 28.3. The smallest absolute Gasteiger partial charge is 0.295 e. The molecule has 1 aromatic heterocycles. The SMILES string of the molecule is CCCCCN1C(=O)C(=O)/C(=C(\O)c2ccc(Br)c(C)c2)C1c1sccc1C. The van der Waals surface area contributed by atoms with Crippen LogP contribution in [0.25, 0.3) is 5.76 Å². The van der Waals surface area contributed by atoms with Crippen LogP contribution in [0.1, 0.15) is 53.8 Å². The molecule has 0 bridgehead atoms. The molecule has 1 N–H and O–H groups in total. The van der Waals surface area contributed by atoms with E-state index in [9.17, 15) is 14.7 Å². The highest BCUT2D eigenvalue weighted by atomic mass is 79.9. The van der Waals surface area contributed by atoms with Crippen molar-refractivity contribution in [3.63, 3.8) is 0 Å². The Morgan fingerprint density at radius 3 is 2.54 bits per heavy atom. The minimum Gasteiger partial charge on any atom is -0.507 e. The monoisotopic (exact) mass is 461 g/mol. The number of hydrogen-bond donors (Lipinski definition) is 1. The molecule has 6 heteroatoms. The zero-order valence-corrected chi connectivity index (χ0v) is 18.7. The van der Waals surface area contributed by atoms with Crippen LogP contribution in [-0.2, 0) is 9.59 Å². The van der Waals surface area contributed by atoms with Crippen LogP contribution in [0.15, 0.2) is 39.7 Å². The fourth-order valence-corrected chi connectivity index (χ4v) is 4.82. The lowest BCUT2D eigenvalue weighted by molar-refractivity contribution is -0.139. The summed E-state index contributed by atoms with van der Waals surface area (Å²) in [6.45, 7) is 6.51. The Labute approximate surface area is 178 Å². The van der Waals surface area contributed by atoms with Gasteiger partial charge in [-0.3, -0.25) is 9.59 Å². The fraction of sp³-hybridized carbons (Fsp3) is 0.364. The largest absolute Gasteiger partial charge is 0.507 e. The Morgan fingerprint density at radius 2 is 1.93 bits per heavy atom. The highest BCUT2D eigenvalue weighted by Gasteiger charge is 2.46. The highest BCUT2D eigenvalue weighted by Crippen LogP contribution is 2.42. The summed E-state index contributed by atoms with van der Waals surface area (Å²) in [5.41, 5.74) is 2.71. The number of aryl methyl sites for hydroxylation is 2. The molecule has 3 rings (SSSR count). The van der Waals surface area contributed by atoms with Gasteiger partial charge < -0.3 is 10.0 Å². The minimum atomic E-state index is -0.604. The molecular formula is C22H24BrNO3S. The van der Waals surface area contributed by atoms with Gasteiger partial charge in [0, 0.05) is 21.5 Å². The summed E-state index contributed by atoms with van der Waals surface area (Å²) in [6.07, 6.45) is 2.86. The van der Waals surface area contributed by atoms with E-state index in [1.165, 1.54) is 11.3 Å². The van der Waals surface area contributed by atoms with E-state index >= 15 is 0 Å². The number of nitrogens with zero attached hydrogens (tertiary/aromatic N) is 1. The second-order valence-corrected chi connectivity index (χ2v) is 8.93. The number of carbonyl (C=O) groups excluding carboxylic acids is 2. The summed E-state index contributed by atoms with van der Waals surface area (Å²) < 4.78 is 0.926.